The lowest BCUT2D eigenvalue weighted by Gasteiger charge is -2.13. The van der Waals surface area contributed by atoms with Gasteiger partial charge in [-0.3, -0.25) is 4.79 Å². The zero-order valence-corrected chi connectivity index (χ0v) is 10.4. The maximum absolute atomic E-state index is 12.2. The number of halogens is 2. The van der Waals surface area contributed by atoms with E-state index in [1.807, 2.05) is 0 Å². The molecule has 2 N–H and O–H groups in total. The molecular formula is C13H16F2N2O2. The van der Waals surface area contributed by atoms with Crippen molar-refractivity contribution < 1.29 is 18.3 Å². The van der Waals surface area contributed by atoms with Gasteiger partial charge in [0.05, 0.1) is 6.04 Å². The molecule has 1 aliphatic rings. The molecule has 0 spiro atoms. The summed E-state index contributed by atoms with van der Waals surface area (Å²) < 4.78 is 28.9. The van der Waals surface area contributed by atoms with E-state index in [-0.39, 0.29) is 24.2 Å². The lowest BCUT2D eigenvalue weighted by atomic mass is 10.2. The predicted octanol–water partition coefficient (Wildman–Crippen LogP) is 1.66. The number of hydrogen-bond donors (Lipinski definition) is 2. The molecule has 1 aromatic rings. The molecule has 0 bridgehead atoms. The third-order valence-corrected chi connectivity index (χ3v) is 3.02. The average molecular weight is 270 g/mol. The van der Waals surface area contributed by atoms with Gasteiger partial charge < -0.3 is 15.4 Å². The van der Waals surface area contributed by atoms with Crippen molar-refractivity contribution >= 4 is 5.91 Å². The van der Waals surface area contributed by atoms with Gasteiger partial charge in [0.15, 0.2) is 0 Å². The lowest BCUT2D eigenvalue weighted by Crippen LogP contribution is -2.40. The van der Waals surface area contributed by atoms with Crippen LogP contribution in [0.4, 0.5) is 8.78 Å². The number of hydrogen-bond acceptors (Lipinski definition) is 3. The SMILES string of the molecule is O=C(NCc1ccccc1OC(F)F)[C@H]1CCCN1. The van der Waals surface area contributed by atoms with Crippen LogP contribution in [0.25, 0.3) is 0 Å². The van der Waals surface area contributed by atoms with E-state index in [4.69, 9.17) is 0 Å². The smallest absolute Gasteiger partial charge is 0.387 e. The number of ether oxygens (including phenoxy) is 1. The molecule has 1 amide bonds. The van der Waals surface area contributed by atoms with Gasteiger partial charge in [-0.15, -0.1) is 0 Å². The second-order valence-electron chi connectivity index (χ2n) is 4.35. The Morgan fingerprint density at radius 1 is 1.47 bits per heavy atom. The van der Waals surface area contributed by atoms with E-state index < -0.39 is 6.61 Å². The minimum atomic E-state index is -2.87. The fraction of sp³-hybridized carbons (Fsp3) is 0.462. The number of carbonyl (C=O) groups excluding carboxylic acids is 1. The van der Waals surface area contributed by atoms with Gasteiger partial charge in [-0.25, -0.2) is 0 Å². The van der Waals surface area contributed by atoms with Gasteiger partial charge in [-0.2, -0.15) is 8.78 Å². The predicted molar refractivity (Wildman–Crippen MR) is 65.9 cm³/mol. The Hall–Kier alpha value is -1.69. The maximum atomic E-state index is 12.2. The molecule has 0 aromatic heterocycles. The standard InChI is InChI=1S/C13H16F2N2O2/c14-13(15)19-11-6-2-1-4-9(11)8-17-12(18)10-5-3-7-16-10/h1-2,4,6,10,13,16H,3,5,7-8H2,(H,17,18)/t10-/m1/s1. The van der Waals surface area contributed by atoms with Crippen LogP contribution in [0.15, 0.2) is 24.3 Å². The van der Waals surface area contributed by atoms with Crippen LogP contribution in [0.5, 0.6) is 5.75 Å². The van der Waals surface area contributed by atoms with Gasteiger partial charge in [-0.05, 0) is 25.5 Å². The number of carbonyl (C=O) groups is 1. The van der Waals surface area contributed by atoms with Gasteiger partial charge >= 0.3 is 6.61 Å². The third kappa shape index (κ3) is 3.89. The molecule has 19 heavy (non-hydrogen) atoms. The van der Waals surface area contributed by atoms with E-state index >= 15 is 0 Å². The molecule has 2 rings (SSSR count). The molecule has 1 heterocycles. The van der Waals surface area contributed by atoms with Crippen LogP contribution in [-0.2, 0) is 11.3 Å². The van der Waals surface area contributed by atoms with Crippen LogP contribution in [0.3, 0.4) is 0 Å². The van der Waals surface area contributed by atoms with Crippen LogP contribution in [-0.4, -0.2) is 25.1 Å². The van der Waals surface area contributed by atoms with Gasteiger partial charge in [0, 0.05) is 12.1 Å². The molecule has 6 heteroatoms. The summed E-state index contributed by atoms with van der Waals surface area (Å²) in [6.45, 7) is -1.85. The lowest BCUT2D eigenvalue weighted by molar-refractivity contribution is -0.122. The second-order valence-corrected chi connectivity index (χ2v) is 4.35. The first kappa shape index (κ1) is 13.7. The van der Waals surface area contributed by atoms with E-state index in [9.17, 15) is 13.6 Å². The van der Waals surface area contributed by atoms with Crippen molar-refractivity contribution in [3.05, 3.63) is 29.8 Å². The molecule has 1 aliphatic heterocycles. The summed E-state index contributed by atoms with van der Waals surface area (Å²) in [5.74, 6) is -0.0125. The Labute approximate surface area is 110 Å². The minimum absolute atomic E-state index is 0.0946. The van der Waals surface area contributed by atoms with Crippen molar-refractivity contribution in [2.24, 2.45) is 0 Å². The molecule has 0 saturated carbocycles. The number of benzene rings is 1. The van der Waals surface area contributed by atoms with Crippen LogP contribution >= 0.6 is 0 Å². The van der Waals surface area contributed by atoms with Crippen LogP contribution in [0.1, 0.15) is 18.4 Å². The zero-order valence-electron chi connectivity index (χ0n) is 10.4. The van der Waals surface area contributed by atoms with E-state index in [0.717, 1.165) is 19.4 Å². The Bertz CT molecular complexity index is 434. The van der Waals surface area contributed by atoms with E-state index in [2.05, 4.69) is 15.4 Å². The highest BCUT2D eigenvalue weighted by Crippen LogP contribution is 2.20. The summed E-state index contributed by atoms with van der Waals surface area (Å²) in [6, 6.07) is 6.26. The average Bonchev–Trinajstić information content (AvgIpc) is 2.90. The quantitative estimate of drug-likeness (QED) is 0.855. The second kappa shape index (κ2) is 6.47. The third-order valence-electron chi connectivity index (χ3n) is 3.02. The minimum Gasteiger partial charge on any atom is -0.434 e. The Balaban J connectivity index is 1.93. The van der Waals surface area contributed by atoms with Crippen molar-refractivity contribution in [3.63, 3.8) is 0 Å². The highest BCUT2D eigenvalue weighted by molar-refractivity contribution is 5.82. The van der Waals surface area contributed by atoms with Gasteiger partial charge in [0.2, 0.25) is 5.91 Å². The largest absolute Gasteiger partial charge is 0.434 e. The molecule has 1 aromatic carbocycles. The van der Waals surface area contributed by atoms with E-state index in [0.29, 0.717) is 5.56 Å². The summed E-state index contributed by atoms with van der Waals surface area (Å²) in [5, 5.41) is 5.80. The molecule has 0 aliphatic carbocycles. The van der Waals surface area contributed by atoms with Crippen molar-refractivity contribution in [1.82, 2.24) is 10.6 Å². The van der Waals surface area contributed by atoms with Gasteiger partial charge in [0.1, 0.15) is 5.75 Å². The zero-order chi connectivity index (χ0) is 13.7. The van der Waals surface area contributed by atoms with E-state index in [1.54, 1.807) is 18.2 Å². The monoisotopic (exact) mass is 270 g/mol. The number of para-hydroxylation sites is 1. The highest BCUT2D eigenvalue weighted by Gasteiger charge is 2.21. The molecule has 4 nitrogen and oxygen atoms in total. The number of rotatable bonds is 5. The fourth-order valence-electron chi connectivity index (χ4n) is 2.07. The normalized spacial score (nSPS) is 18.6. The molecule has 0 radical (unpaired) electrons. The number of nitrogens with one attached hydrogen (secondary N) is 2. The van der Waals surface area contributed by atoms with Crippen molar-refractivity contribution in [2.45, 2.75) is 32.0 Å². The number of amides is 1. The first-order valence-corrected chi connectivity index (χ1v) is 6.20. The van der Waals surface area contributed by atoms with Gasteiger partial charge in [-0.1, -0.05) is 18.2 Å². The van der Waals surface area contributed by atoms with Crippen molar-refractivity contribution in [3.8, 4) is 5.75 Å². The molecule has 1 atom stereocenters. The van der Waals surface area contributed by atoms with E-state index in [1.165, 1.54) is 6.07 Å². The van der Waals surface area contributed by atoms with Crippen molar-refractivity contribution in [2.75, 3.05) is 6.54 Å². The Morgan fingerprint density at radius 2 is 2.26 bits per heavy atom. The van der Waals surface area contributed by atoms with Crippen LogP contribution in [0, 0.1) is 0 Å². The topological polar surface area (TPSA) is 50.4 Å². The molecular weight excluding hydrogens is 254 g/mol. The van der Waals surface area contributed by atoms with Crippen LogP contribution in [0.2, 0.25) is 0 Å². The Kier molecular flexibility index (Phi) is 4.68. The summed E-state index contributed by atoms with van der Waals surface area (Å²) >= 11 is 0. The summed E-state index contributed by atoms with van der Waals surface area (Å²) in [5.41, 5.74) is 0.536. The van der Waals surface area contributed by atoms with Crippen LogP contribution < -0.4 is 15.4 Å². The molecule has 1 saturated heterocycles. The highest BCUT2D eigenvalue weighted by atomic mass is 19.3. The summed E-state index contributed by atoms with van der Waals surface area (Å²) in [6.07, 6.45) is 1.78. The molecule has 0 unspecified atom stereocenters. The van der Waals surface area contributed by atoms with Gasteiger partial charge in [0.25, 0.3) is 0 Å². The first-order valence-electron chi connectivity index (χ1n) is 6.20. The Morgan fingerprint density at radius 3 is 2.95 bits per heavy atom. The fourth-order valence-corrected chi connectivity index (χ4v) is 2.07. The summed E-state index contributed by atoms with van der Waals surface area (Å²) in [7, 11) is 0. The summed E-state index contributed by atoms with van der Waals surface area (Å²) in [4.78, 5) is 11.8. The van der Waals surface area contributed by atoms with Crippen molar-refractivity contribution in [1.29, 1.82) is 0 Å². The molecule has 1 fully saturated rings. The number of alkyl halides is 2. The molecule has 104 valence electrons. The first-order chi connectivity index (χ1) is 9.16. The maximum Gasteiger partial charge on any atom is 0.387 e.